The molecule has 1 saturated carbocycles. The van der Waals surface area contributed by atoms with E-state index in [1.165, 1.54) is 19.3 Å². The highest BCUT2D eigenvalue weighted by Crippen LogP contribution is 2.23. The monoisotopic (exact) mass is 399 g/mol. The summed E-state index contributed by atoms with van der Waals surface area (Å²) in [4.78, 5) is 14.4. The first kappa shape index (κ1) is 19.7. The van der Waals surface area contributed by atoms with Gasteiger partial charge in [-0.2, -0.15) is 0 Å². The second-order valence-corrected chi connectivity index (χ2v) is 7.98. The molecule has 144 valence electrons. The van der Waals surface area contributed by atoms with Gasteiger partial charge in [-0.25, -0.2) is 4.79 Å². The molecule has 1 aromatic rings. The Balaban J connectivity index is 1.41. The third-order valence-electron chi connectivity index (χ3n) is 5.04. The van der Waals surface area contributed by atoms with E-state index in [2.05, 4.69) is 15.5 Å². The van der Waals surface area contributed by atoms with E-state index in [0.717, 1.165) is 38.0 Å². The number of carbonyl (C=O) groups excluding carboxylic acids is 1. The van der Waals surface area contributed by atoms with Gasteiger partial charge in [0.2, 0.25) is 0 Å². The summed E-state index contributed by atoms with van der Waals surface area (Å²) in [5.74, 6) is 0. The quantitative estimate of drug-likeness (QED) is 0.790. The predicted octanol–water partition coefficient (Wildman–Crippen LogP) is 3.83. The fourth-order valence-electron chi connectivity index (χ4n) is 3.63. The van der Waals surface area contributed by atoms with E-state index < -0.39 is 0 Å². The lowest BCUT2D eigenvalue weighted by molar-refractivity contribution is -0.0287. The second kappa shape index (κ2) is 9.79. The van der Waals surface area contributed by atoms with Gasteiger partial charge < -0.3 is 15.4 Å². The van der Waals surface area contributed by atoms with Gasteiger partial charge in [0.25, 0.3) is 0 Å². The number of ether oxygens (including phenoxy) is 1. The van der Waals surface area contributed by atoms with Gasteiger partial charge in [0, 0.05) is 32.2 Å². The number of carbonyl (C=O) groups is 1. The molecule has 2 N–H and O–H groups in total. The Bertz CT molecular complexity index is 608. The normalized spacial score (nSPS) is 22.2. The highest BCUT2D eigenvalue weighted by atomic mass is 35.5. The predicted molar refractivity (Wildman–Crippen MR) is 105 cm³/mol. The van der Waals surface area contributed by atoms with Crippen LogP contribution in [0.25, 0.3) is 0 Å². The molecule has 1 atom stereocenters. The minimum absolute atomic E-state index is 0.00336. The molecule has 1 aromatic carbocycles. The van der Waals surface area contributed by atoms with Gasteiger partial charge in [0.1, 0.15) is 0 Å². The molecule has 1 saturated heterocycles. The zero-order valence-corrected chi connectivity index (χ0v) is 16.5. The highest BCUT2D eigenvalue weighted by molar-refractivity contribution is 6.42. The van der Waals surface area contributed by atoms with Gasteiger partial charge in [0.15, 0.2) is 0 Å². The first-order chi connectivity index (χ1) is 12.6. The van der Waals surface area contributed by atoms with E-state index in [0.29, 0.717) is 29.2 Å². The van der Waals surface area contributed by atoms with Gasteiger partial charge in [-0.3, -0.25) is 4.90 Å². The Kier molecular flexibility index (Phi) is 7.43. The van der Waals surface area contributed by atoms with Gasteiger partial charge >= 0.3 is 6.03 Å². The van der Waals surface area contributed by atoms with E-state index >= 15 is 0 Å². The summed E-state index contributed by atoms with van der Waals surface area (Å²) in [6.07, 6.45) is 5.88. The fraction of sp³-hybridized carbons (Fsp3) is 0.632. The lowest BCUT2D eigenvalue weighted by atomic mass is 9.96. The van der Waals surface area contributed by atoms with Crippen LogP contribution in [-0.2, 0) is 11.3 Å². The number of nitrogens with zero attached hydrogens (tertiary/aromatic N) is 1. The molecule has 26 heavy (non-hydrogen) atoms. The van der Waals surface area contributed by atoms with Crippen molar-refractivity contribution in [2.45, 2.75) is 50.8 Å². The summed E-state index contributed by atoms with van der Waals surface area (Å²) in [6, 6.07) is 5.97. The molecule has 2 aliphatic rings. The van der Waals surface area contributed by atoms with Crippen molar-refractivity contribution in [3.05, 3.63) is 33.8 Å². The van der Waals surface area contributed by atoms with Crippen molar-refractivity contribution in [1.29, 1.82) is 0 Å². The van der Waals surface area contributed by atoms with Crippen molar-refractivity contribution in [3.8, 4) is 0 Å². The highest BCUT2D eigenvalue weighted by Gasteiger charge is 2.22. The van der Waals surface area contributed by atoms with Crippen LogP contribution in [0.2, 0.25) is 10.0 Å². The van der Waals surface area contributed by atoms with Crippen molar-refractivity contribution in [1.82, 2.24) is 15.5 Å². The fourth-order valence-corrected chi connectivity index (χ4v) is 3.95. The van der Waals surface area contributed by atoms with Crippen LogP contribution >= 0.6 is 23.2 Å². The maximum Gasteiger partial charge on any atom is 0.315 e. The van der Waals surface area contributed by atoms with E-state index in [9.17, 15) is 4.79 Å². The summed E-state index contributed by atoms with van der Waals surface area (Å²) in [5, 5.41) is 7.19. The number of amides is 2. The summed E-state index contributed by atoms with van der Waals surface area (Å²) >= 11 is 12.1. The van der Waals surface area contributed by atoms with Crippen LogP contribution in [-0.4, -0.2) is 49.3 Å². The average Bonchev–Trinajstić information content (AvgIpc) is 2.64. The summed E-state index contributed by atoms with van der Waals surface area (Å²) in [6.45, 7) is 3.63. The van der Waals surface area contributed by atoms with Crippen molar-refractivity contribution in [2.75, 3.05) is 26.2 Å². The van der Waals surface area contributed by atoms with Crippen LogP contribution in [0.4, 0.5) is 4.79 Å². The molecule has 0 bridgehead atoms. The van der Waals surface area contributed by atoms with E-state index in [1.807, 2.05) is 18.2 Å². The summed E-state index contributed by atoms with van der Waals surface area (Å²) < 4.78 is 5.80. The number of morpholine rings is 1. The molecule has 0 aromatic heterocycles. The number of urea groups is 1. The Morgan fingerprint density at radius 3 is 2.77 bits per heavy atom. The molecular weight excluding hydrogens is 373 g/mol. The van der Waals surface area contributed by atoms with E-state index in [-0.39, 0.29) is 12.1 Å². The first-order valence-corrected chi connectivity index (χ1v) is 10.2. The maximum atomic E-state index is 12.1. The number of rotatable bonds is 5. The number of hydrogen-bond donors (Lipinski definition) is 2. The van der Waals surface area contributed by atoms with E-state index in [1.54, 1.807) is 0 Å². The summed E-state index contributed by atoms with van der Waals surface area (Å²) in [7, 11) is 0. The molecule has 2 amide bonds. The van der Waals surface area contributed by atoms with Crippen LogP contribution in [0, 0.1) is 0 Å². The van der Waals surface area contributed by atoms with Crippen molar-refractivity contribution in [3.63, 3.8) is 0 Å². The Morgan fingerprint density at radius 1 is 1.19 bits per heavy atom. The molecule has 2 fully saturated rings. The van der Waals surface area contributed by atoms with Gasteiger partial charge in [-0.15, -0.1) is 0 Å². The molecule has 7 heteroatoms. The minimum atomic E-state index is -0.0814. The topological polar surface area (TPSA) is 53.6 Å². The Morgan fingerprint density at radius 2 is 2.00 bits per heavy atom. The van der Waals surface area contributed by atoms with Gasteiger partial charge in [-0.1, -0.05) is 48.5 Å². The lowest BCUT2D eigenvalue weighted by Crippen LogP contribution is -2.50. The average molecular weight is 400 g/mol. The molecule has 1 aliphatic heterocycles. The van der Waals surface area contributed by atoms with Crippen LogP contribution in [0.1, 0.15) is 37.7 Å². The molecule has 3 rings (SSSR count). The maximum absolute atomic E-state index is 12.1. The molecule has 0 spiro atoms. The lowest BCUT2D eigenvalue weighted by Gasteiger charge is -2.33. The number of benzene rings is 1. The van der Waals surface area contributed by atoms with Gasteiger partial charge in [-0.05, 0) is 30.5 Å². The number of hydrogen-bond acceptors (Lipinski definition) is 3. The smallest absolute Gasteiger partial charge is 0.315 e. The van der Waals surface area contributed by atoms with E-state index in [4.69, 9.17) is 27.9 Å². The van der Waals surface area contributed by atoms with Crippen LogP contribution < -0.4 is 10.6 Å². The third-order valence-corrected chi connectivity index (χ3v) is 5.78. The van der Waals surface area contributed by atoms with Crippen molar-refractivity contribution >= 4 is 29.2 Å². The molecule has 5 nitrogen and oxygen atoms in total. The largest absolute Gasteiger partial charge is 0.374 e. The third kappa shape index (κ3) is 6.02. The zero-order chi connectivity index (χ0) is 18.4. The van der Waals surface area contributed by atoms with Crippen LogP contribution in [0.15, 0.2) is 18.2 Å². The zero-order valence-electron chi connectivity index (χ0n) is 15.0. The standard InChI is InChI=1S/C19H27Cl2N3O2/c20-17-7-6-14(10-18(17)21)12-24-8-9-26-16(13-24)11-22-19(25)23-15-4-2-1-3-5-15/h6-7,10,15-16H,1-5,8-9,11-13H2,(H2,22,23,25). The molecule has 1 unspecified atom stereocenters. The molecule has 1 aliphatic carbocycles. The second-order valence-electron chi connectivity index (χ2n) is 7.17. The van der Waals surface area contributed by atoms with Crippen LogP contribution in [0.5, 0.6) is 0 Å². The molecule has 0 radical (unpaired) electrons. The Hall–Kier alpha value is -1.01. The molecular formula is C19H27Cl2N3O2. The van der Waals surface area contributed by atoms with Crippen molar-refractivity contribution < 1.29 is 9.53 Å². The number of halogens is 2. The first-order valence-electron chi connectivity index (χ1n) is 9.42. The van der Waals surface area contributed by atoms with Gasteiger partial charge in [0.05, 0.1) is 22.8 Å². The number of nitrogens with one attached hydrogen (secondary N) is 2. The summed E-state index contributed by atoms with van der Waals surface area (Å²) in [5.41, 5.74) is 1.13. The Labute approximate surface area is 165 Å². The SMILES string of the molecule is O=C(NCC1CN(Cc2ccc(Cl)c(Cl)c2)CCO1)NC1CCCCC1. The van der Waals surface area contributed by atoms with Crippen LogP contribution in [0.3, 0.4) is 0 Å². The van der Waals surface area contributed by atoms with Crippen molar-refractivity contribution in [2.24, 2.45) is 0 Å². The molecule has 1 heterocycles. The minimum Gasteiger partial charge on any atom is -0.374 e.